The van der Waals surface area contributed by atoms with E-state index in [9.17, 15) is 10.1 Å². The number of nitrogens with zero attached hydrogens (tertiary/aromatic N) is 7. The number of rotatable bonds is 7. The van der Waals surface area contributed by atoms with Crippen molar-refractivity contribution < 1.29 is 9.53 Å². The monoisotopic (exact) mass is 585 g/mol. The minimum Gasteiger partial charge on any atom is -0.462 e. The molecule has 1 aromatic carbocycles. The number of likely N-dealkylation sites (N-methyl/N-ethyl adjacent to an activating group) is 1. The standard InChI is InChI=1S/C32H36ClN7O2/c1-3-28(41)40-17-16-39(19-22(40)13-14-34)31-26-18-27(33)29(25-12-6-9-21-8-4-5-11-24(21)25)35-30(26)36-32(37-31)42-20-23-10-7-15-38(23)2/h3,6,9,12,18,22-23H,1,4-5,7-8,10-11,13,15-17,19-20H2,2H3. The van der Waals surface area contributed by atoms with E-state index in [4.69, 9.17) is 31.3 Å². The van der Waals surface area contributed by atoms with Crippen LogP contribution in [0.4, 0.5) is 5.82 Å². The van der Waals surface area contributed by atoms with E-state index in [1.165, 1.54) is 23.6 Å². The first-order chi connectivity index (χ1) is 20.5. The lowest BCUT2D eigenvalue weighted by Gasteiger charge is -2.41. The molecule has 3 aliphatic rings. The summed E-state index contributed by atoms with van der Waals surface area (Å²) in [6.45, 7) is 6.60. The van der Waals surface area contributed by atoms with Crippen LogP contribution in [0, 0.1) is 11.3 Å². The minimum atomic E-state index is -0.297. The number of carbonyl (C=O) groups is 1. The van der Waals surface area contributed by atoms with Gasteiger partial charge in [-0.2, -0.15) is 15.2 Å². The number of amides is 1. The van der Waals surface area contributed by atoms with E-state index in [1.54, 1.807) is 4.90 Å². The van der Waals surface area contributed by atoms with E-state index in [0.29, 0.717) is 48.8 Å². The molecule has 1 amide bonds. The molecule has 0 bridgehead atoms. The number of ether oxygens (including phenoxy) is 1. The maximum Gasteiger partial charge on any atom is 0.320 e. The second kappa shape index (κ2) is 12.2. The number of fused-ring (bicyclic) bond motifs is 2. The molecule has 2 unspecified atom stereocenters. The maximum absolute atomic E-state index is 12.5. The summed E-state index contributed by atoms with van der Waals surface area (Å²) in [5, 5.41) is 10.8. The number of aryl methyl sites for hydroxylation is 1. The average Bonchev–Trinajstić information content (AvgIpc) is 3.43. The summed E-state index contributed by atoms with van der Waals surface area (Å²) >= 11 is 6.98. The smallest absolute Gasteiger partial charge is 0.320 e. The fraction of sp³-hybridized carbons (Fsp3) is 0.469. The normalized spacial score (nSPS) is 20.8. The zero-order chi connectivity index (χ0) is 29.2. The zero-order valence-electron chi connectivity index (χ0n) is 24.1. The van der Waals surface area contributed by atoms with Crippen molar-refractivity contribution in [2.75, 3.05) is 44.7 Å². The van der Waals surface area contributed by atoms with Crippen LogP contribution in [-0.4, -0.2) is 82.6 Å². The molecule has 0 spiro atoms. The lowest BCUT2D eigenvalue weighted by molar-refractivity contribution is -0.128. The fourth-order valence-corrected chi connectivity index (χ4v) is 6.84. The Kier molecular flexibility index (Phi) is 8.27. The van der Waals surface area contributed by atoms with Gasteiger partial charge in [-0.3, -0.25) is 4.79 Å². The van der Waals surface area contributed by atoms with Crippen LogP contribution in [0.2, 0.25) is 5.02 Å². The topological polar surface area (TPSA) is 98.5 Å². The summed E-state index contributed by atoms with van der Waals surface area (Å²) in [7, 11) is 2.11. The van der Waals surface area contributed by atoms with Gasteiger partial charge in [-0.05, 0) is 75.4 Å². The highest BCUT2D eigenvalue weighted by Gasteiger charge is 2.32. The number of hydrogen-bond acceptors (Lipinski definition) is 8. The summed E-state index contributed by atoms with van der Waals surface area (Å²) in [5.74, 6) is 0.479. The third-order valence-corrected chi connectivity index (χ3v) is 9.18. The number of anilines is 1. The average molecular weight is 586 g/mol. The van der Waals surface area contributed by atoms with Crippen LogP contribution in [0.1, 0.15) is 43.2 Å². The summed E-state index contributed by atoms with van der Waals surface area (Å²) in [6, 6.07) is 10.8. The van der Waals surface area contributed by atoms with Crippen LogP contribution in [0.5, 0.6) is 6.01 Å². The van der Waals surface area contributed by atoms with Crippen molar-refractivity contribution in [2.45, 2.75) is 57.0 Å². The second-order valence-electron chi connectivity index (χ2n) is 11.5. The van der Waals surface area contributed by atoms with Gasteiger partial charge in [0.25, 0.3) is 0 Å². The lowest BCUT2D eigenvalue weighted by atomic mass is 9.87. The van der Waals surface area contributed by atoms with E-state index in [-0.39, 0.29) is 24.4 Å². The van der Waals surface area contributed by atoms with Gasteiger partial charge >= 0.3 is 6.01 Å². The number of aromatic nitrogens is 3. The van der Waals surface area contributed by atoms with Crippen LogP contribution in [0.15, 0.2) is 36.9 Å². The van der Waals surface area contributed by atoms with E-state index in [0.717, 1.165) is 55.3 Å². The second-order valence-corrected chi connectivity index (χ2v) is 11.9. The van der Waals surface area contributed by atoms with Gasteiger partial charge < -0.3 is 19.4 Å². The highest BCUT2D eigenvalue weighted by Crippen LogP contribution is 2.38. The van der Waals surface area contributed by atoms with Crippen molar-refractivity contribution in [3.05, 3.63) is 53.1 Å². The molecule has 42 heavy (non-hydrogen) atoms. The molecule has 6 rings (SSSR count). The number of likely N-dealkylation sites (tertiary alicyclic amines) is 1. The number of carbonyl (C=O) groups excluding carboxylic acids is 1. The molecule has 2 aromatic heterocycles. The third-order valence-electron chi connectivity index (χ3n) is 8.89. The van der Waals surface area contributed by atoms with Crippen LogP contribution in [-0.2, 0) is 17.6 Å². The van der Waals surface area contributed by atoms with E-state index >= 15 is 0 Å². The molecule has 0 radical (unpaired) electrons. The van der Waals surface area contributed by atoms with Gasteiger partial charge in [-0.1, -0.05) is 36.4 Å². The lowest BCUT2D eigenvalue weighted by Crippen LogP contribution is -2.55. The zero-order valence-corrected chi connectivity index (χ0v) is 24.8. The molecule has 2 aliphatic heterocycles. The molecule has 0 saturated carbocycles. The number of nitriles is 1. The molecule has 9 nitrogen and oxygen atoms in total. The van der Waals surface area contributed by atoms with Crippen molar-refractivity contribution in [1.29, 1.82) is 5.26 Å². The fourth-order valence-electron chi connectivity index (χ4n) is 6.59. The van der Waals surface area contributed by atoms with E-state index in [2.05, 4.69) is 47.7 Å². The SMILES string of the molecule is C=CC(=O)N1CCN(c2nc(OCC3CCCN3C)nc3nc(-c4cccc5c4CCCC5)c(Cl)cc23)CC1CC#N. The number of benzene rings is 1. The van der Waals surface area contributed by atoms with Crippen molar-refractivity contribution >= 4 is 34.4 Å². The number of pyridine rings is 1. The van der Waals surface area contributed by atoms with Crippen LogP contribution in [0.3, 0.4) is 0 Å². The summed E-state index contributed by atoms with van der Waals surface area (Å²) in [5.41, 5.74) is 4.97. The van der Waals surface area contributed by atoms with E-state index < -0.39 is 0 Å². The molecule has 10 heteroatoms. The molecule has 1 aliphatic carbocycles. The van der Waals surface area contributed by atoms with Crippen LogP contribution in [0.25, 0.3) is 22.3 Å². The van der Waals surface area contributed by atoms with E-state index in [1.807, 2.05) is 6.07 Å². The Morgan fingerprint density at radius 1 is 1.17 bits per heavy atom. The minimum absolute atomic E-state index is 0.173. The molecule has 2 saturated heterocycles. The molecule has 4 heterocycles. The number of hydrogen-bond donors (Lipinski definition) is 0. The largest absolute Gasteiger partial charge is 0.462 e. The molecule has 2 atom stereocenters. The van der Waals surface area contributed by atoms with Crippen molar-refractivity contribution in [2.24, 2.45) is 0 Å². The molecule has 3 aromatic rings. The Morgan fingerprint density at radius 2 is 2.02 bits per heavy atom. The first kappa shape index (κ1) is 28.4. The Bertz CT molecular complexity index is 1550. The first-order valence-electron chi connectivity index (χ1n) is 14.8. The van der Waals surface area contributed by atoms with Gasteiger partial charge in [-0.15, -0.1) is 0 Å². The van der Waals surface area contributed by atoms with Gasteiger partial charge in [0.2, 0.25) is 5.91 Å². The van der Waals surface area contributed by atoms with Gasteiger partial charge in [0.15, 0.2) is 5.65 Å². The van der Waals surface area contributed by atoms with Gasteiger partial charge in [-0.25, -0.2) is 4.98 Å². The Balaban J connectivity index is 1.42. The van der Waals surface area contributed by atoms with Crippen molar-refractivity contribution in [1.82, 2.24) is 24.8 Å². The van der Waals surface area contributed by atoms with Crippen LogP contribution < -0.4 is 9.64 Å². The molecule has 2 fully saturated rings. The molecular weight excluding hydrogens is 550 g/mol. The molecule has 218 valence electrons. The summed E-state index contributed by atoms with van der Waals surface area (Å²) in [6.07, 6.45) is 8.15. The Hall–Kier alpha value is -3.74. The summed E-state index contributed by atoms with van der Waals surface area (Å²) < 4.78 is 6.22. The molecule has 0 N–H and O–H groups in total. The third kappa shape index (κ3) is 5.53. The number of halogens is 1. The predicted molar refractivity (Wildman–Crippen MR) is 164 cm³/mol. The maximum atomic E-state index is 12.5. The number of piperazine rings is 1. The van der Waals surface area contributed by atoms with Gasteiger partial charge in [0.1, 0.15) is 12.4 Å². The van der Waals surface area contributed by atoms with Gasteiger partial charge in [0.05, 0.1) is 34.6 Å². The van der Waals surface area contributed by atoms with Crippen molar-refractivity contribution in [3.8, 4) is 23.3 Å². The highest BCUT2D eigenvalue weighted by molar-refractivity contribution is 6.34. The molecular formula is C32H36ClN7O2. The quantitative estimate of drug-likeness (QED) is 0.364. The van der Waals surface area contributed by atoms with Crippen molar-refractivity contribution in [3.63, 3.8) is 0 Å². The summed E-state index contributed by atoms with van der Waals surface area (Å²) in [4.78, 5) is 33.3. The Labute approximate surface area is 251 Å². The Morgan fingerprint density at radius 3 is 2.81 bits per heavy atom. The highest BCUT2D eigenvalue weighted by atomic mass is 35.5. The predicted octanol–water partition coefficient (Wildman–Crippen LogP) is 4.81. The van der Waals surface area contributed by atoms with Crippen LogP contribution >= 0.6 is 11.6 Å². The first-order valence-corrected chi connectivity index (χ1v) is 15.2. The van der Waals surface area contributed by atoms with Gasteiger partial charge in [0, 0.05) is 31.2 Å².